The summed E-state index contributed by atoms with van der Waals surface area (Å²) in [5.74, 6) is -1.03. The lowest BCUT2D eigenvalue weighted by atomic mass is 10.1. The normalized spacial score (nSPS) is 11.5. The fourth-order valence-electron chi connectivity index (χ4n) is 2.10. The summed E-state index contributed by atoms with van der Waals surface area (Å²) >= 11 is 0. The average Bonchev–Trinajstić information content (AvgIpc) is 2.68. The van der Waals surface area contributed by atoms with Crippen molar-refractivity contribution in [2.45, 2.75) is 4.90 Å². The van der Waals surface area contributed by atoms with Crippen LogP contribution in [0.15, 0.2) is 64.6 Å². The Morgan fingerprint density at radius 1 is 1.11 bits per heavy atom. The van der Waals surface area contributed by atoms with Gasteiger partial charge in [-0.05, 0) is 29.8 Å². The molecule has 0 aliphatic carbocycles. The van der Waals surface area contributed by atoms with E-state index in [0.29, 0.717) is 11.1 Å². The van der Waals surface area contributed by atoms with E-state index in [1.54, 1.807) is 42.5 Å². The molecule has 1 amide bonds. The Kier molecular flexibility index (Phi) is 6.80. The number of carbonyl (C=O) groups is 2. The van der Waals surface area contributed by atoms with Gasteiger partial charge in [-0.1, -0.05) is 30.3 Å². The molecule has 0 aromatic heterocycles. The number of hydrazone groups is 1. The van der Waals surface area contributed by atoms with E-state index in [0.717, 1.165) is 4.31 Å². The van der Waals surface area contributed by atoms with E-state index in [4.69, 9.17) is 0 Å². The number of esters is 1. The highest BCUT2D eigenvalue weighted by Gasteiger charge is 2.22. The van der Waals surface area contributed by atoms with Gasteiger partial charge in [0.05, 0.1) is 30.3 Å². The van der Waals surface area contributed by atoms with Gasteiger partial charge in [-0.3, -0.25) is 4.79 Å². The van der Waals surface area contributed by atoms with Gasteiger partial charge in [0, 0.05) is 7.05 Å². The highest BCUT2D eigenvalue weighted by molar-refractivity contribution is 7.89. The molecular weight excluding hydrogens is 370 g/mol. The number of benzene rings is 2. The number of nitrogens with one attached hydrogen (secondary N) is 1. The van der Waals surface area contributed by atoms with Crippen LogP contribution in [-0.4, -0.2) is 51.5 Å². The van der Waals surface area contributed by atoms with E-state index in [2.05, 4.69) is 15.3 Å². The lowest BCUT2D eigenvalue weighted by molar-refractivity contribution is -0.121. The van der Waals surface area contributed by atoms with Gasteiger partial charge >= 0.3 is 5.97 Å². The Bertz CT molecular complexity index is 925. The first kappa shape index (κ1) is 20.3. The Morgan fingerprint density at radius 3 is 2.33 bits per heavy atom. The molecule has 0 radical (unpaired) electrons. The summed E-state index contributed by atoms with van der Waals surface area (Å²) in [4.78, 5) is 23.4. The predicted molar refractivity (Wildman–Crippen MR) is 99.8 cm³/mol. The standard InChI is InChI=1S/C18H19N3O5S/c1-21(27(24,25)16-6-4-3-5-7-16)13-17(22)20-19-12-14-8-10-15(11-9-14)18(23)26-2/h3-12H,13H2,1-2H3,(H,20,22)/b19-12+. The van der Waals surface area contributed by atoms with Crippen LogP contribution in [0.4, 0.5) is 0 Å². The largest absolute Gasteiger partial charge is 0.465 e. The highest BCUT2D eigenvalue weighted by Crippen LogP contribution is 2.12. The van der Waals surface area contributed by atoms with Gasteiger partial charge in [0.15, 0.2) is 0 Å². The maximum absolute atomic E-state index is 12.3. The number of likely N-dealkylation sites (N-methyl/N-ethyl adjacent to an activating group) is 1. The maximum atomic E-state index is 12.3. The van der Waals surface area contributed by atoms with Crippen molar-refractivity contribution in [3.63, 3.8) is 0 Å². The first-order valence-corrected chi connectivity index (χ1v) is 9.30. The Morgan fingerprint density at radius 2 is 1.74 bits per heavy atom. The van der Waals surface area contributed by atoms with Crippen LogP contribution in [0.25, 0.3) is 0 Å². The minimum Gasteiger partial charge on any atom is -0.465 e. The van der Waals surface area contributed by atoms with Crippen molar-refractivity contribution in [1.29, 1.82) is 0 Å². The number of sulfonamides is 1. The molecule has 2 aromatic carbocycles. The molecule has 0 atom stereocenters. The second kappa shape index (κ2) is 9.06. The van der Waals surface area contributed by atoms with Crippen molar-refractivity contribution >= 4 is 28.1 Å². The highest BCUT2D eigenvalue weighted by atomic mass is 32.2. The van der Waals surface area contributed by atoms with Crippen LogP contribution in [0.1, 0.15) is 15.9 Å². The number of amides is 1. The van der Waals surface area contributed by atoms with E-state index in [1.165, 1.54) is 32.5 Å². The van der Waals surface area contributed by atoms with Gasteiger partial charge in [0.1, 0.15) is 0 Å². The summed E-state index contributed by atoms with van der Waals surface area (Å²) in [5, 5.41) is 3.78. The van der Waals surface area contributed by atoms with Crippen molar-refractivity contribution in [3.8, 4) is 0 Å². The molecule has 0 saturated carbocycles. The third-order valence-electron chi connectivity index (χ3n) is 3.55. The number of methoxy groups -OCH3 is 1. The zero-order valence-electron chi connectivity index (χ0n) is 14.8. The molecule has 0 spiro atoms. The third-order valence-corrected chi connectivity index (χ3v) is 5.37. The van der Waals surface area contributed by atoms with Gasteiger partial charge in [0.2, 0.25) is 10.0 Å². The first-order valence-electron chi connectivity index (χ1n) is 7.86. The summed E-state index contributed by atoms with van der Waals surface area (Å²) in [6, 6.07) is 14.2. The van der Waals surface area contributed by atoms with E-state index in [1.807, 2.05) is 0 Å². The number of nitrogens with zero attached hydrogens (tertiary/aromatic N) is 2. The Hall–Kier alpha value is -3.04. The molecule has 1 N–H and O–H groups in total. The Balaban J connectivity index is 1.92. The van der Waals surface area contributed by atoms with Crippen molar-refractivity contribution < 1.29 is 22.7 Å². The second-order valence-electron chi connectivity index (χ2n) is 5.48. The first-order chi connectivity index (χ1) is 12.8. The summed E-state index contributed by atoms with van der Waals surface area (Å²) in [7, 11) is -1.14. The summed E-state index contributed by atoms with van der Waals surface area (Å²) in [6.07, 6.45) is 1.38. The average molecular weight is 389 g/mol. The quantitative estimate of drug-likeness (QED) is 0.436. The molecule has 0 heterocycles. The van der Waals surface area contributed by atoms with E-state index in [9.17, 15) is 18.0 Å². The fraction of sp³-hybridized carbons (Fsp3) is 0.167. The molecule has 142 valence electrons. The zero-order valence-corrected chi connectivity index (χ0v) is 15.6. The van der Waals surface area contributed by atoms with E-state index >= 15 is 0 Å². The minimum atomic E-state index is -3.75. The van der Waals surface area contributed by atoms with Crippen molar-refractivity contribution in [3.05, 3.63) is 65.7 Å². The molecule has 2 rings (SSSR count). The maximum Gasteiger partial charge on any atom is 0.337 e. The molecule has 0 saturated heterocycles. The van der Waals surface area contributed by atoms with Crippen molar-refractivity contribution in [2.75, 3.05) is 20.7 Å². The lowest BCUT2D eigenvalue weighted by Crippen LogP contribution is -2.36. The minimum absolute atomic E-state index is 0.106. The van der Waals surface area contributed by atoms with Crippen LogP contribution in [0.2, 0.25) is 0 Å². The third kappa shape index (κ3) is 5.47. The summed E-state index contributed by atoms with van der Waals surface area (Å²) in [6.45, 7) is -0.379. The molecule has 0 aliphatic heterocycles. The van der Waals surface area contributed by atoms with Gasteiger partial charge in [0.25, 0.3) is 5.91 Å². The zero-order chi connectivity index (χ0) is 19.9. The summed E-state index contributed by atoms with van der Waals surface area (Å²) in [5.41, 5.74) is 3.31. The van der Waals surface area contributed by atoms with Crippen LogP contribution < -0.4 is 5.43 Å². The molecule has 0 aliphatic rings. The fourth-order valence-corrected chi connectivity index (χ4v) is 3.25. The van der Waals surface area contributed by atoms with Gasteiger partial charge in [-0.15, -0.1) is 0 Å². The van der Waals surface area contributed by atoms with Crippen LogP contribution in [0, 0.1) is 0 Å². The number of hydrogen-bond donors (Lipinski definition) is 1. The number of rotatable bonds is 7. The van der Waals surface area contributed by atoms with Gasteiger partial charge in [-0.25, -0.2) is 18.6 Å². The number of hydrogen-bond acceptors (Lipinski definition) is 6. The molecule has 9 heteroatoms. The second-order valence-corrected chi connectivity index (χ2v) is 7.53. The molecule has 0 bridgehead atoms. The predicted octanol–water partition coefficient (Wildman–Crippen LogP) is 1.24. The molecule has 0 unspecified atom stereocenters. The SMILES string of the molecule is COC(=O)c1ccc(/C=N/NC(=O)CN(C)S(=O)(=O)c2ccccc2)cc1. The van der Waals surface area contributed by atoms with Crippen LogP contribution >= 0.6 is 0 Å². The molecular formula is C18H19N3O5S. The van der Waals surface area contributed by atoms with Gasteiger partial charge < -0.3 is 4.74 Å². The smallest absolute Gasteiger partial charge is 0.337 e. The lowest BCUT2D eigenvalue weighted by Gasteiger charge is -2.15. The topological polar surface area (TPSA) is 105 Å². The van der Waals surface area contributed by atoms with Crippen LogP contribution in [0.5, 0.6) is 0 Å². The molecule has 0 fully saturated rings. The number of ether oxygens (including phenoxy) is 1. The molecule has 2 aromatic rings. The van der Waals surface area contributed by atoms with Crippen LogP contribution in [0.3, 0.4) is 0 Å². The van der Waals surface area contributed by atoms with E-state index < -0.39 is 21.9 Å². The number of carbonyl (C=O) groups excluding carboxylic acids is 2. The van der Waals surface area contributed by atoms with E-state index in [-0.39, 0.29) is 11.4 Å². The van der Waals surface area contributed by atoms with Crippen molar-refractivity contribution in [2.24, 2.45) is 5.10 Å². The van der Waals surface area contributed by atoms with Crippen LogP contribution in [-0.2, 0) is 19.6 Å². The molecule has 27 heavy (non-hydrogen) atoms. The monoisotopic (exact) mass is 389 g/mol. The van der Waals surface area contributed by atoms with Gasteiger partial charge in [-0.2, -0.15) is 9.41 Å². The summed E-state index contributed by atoms with van der Waals surface area (Å²) < 4.78 is 30.2. The Labute approximate surface area is 157 Å². The molecule has 8 nitrogen and oxygen atoms in total. The van der Waals surface area contributed by atoms with Crippen molar-refractivity contribution in [1.82, 2.24) is 9.73 Å².